The van der Waals surface area contributed by atoms with Crippen molar-refractivity contribution in [3.8, 4) is 5.75 Å². The fourth-order valence-electron chi connectivity index (χ4n) is 1.71. The van der Waals surface area contributed by atoms with Gasteiger partial charge in [-0.2, -0.15) is 0 Å². The van der Waals surface area contributed by atoms with Crippen LogP contribution in [0.4, 0.5) is 5.69 Å². The first-order valence-corrected chi connectivity index (χ1v) is 5.72. The molecule has 2 rings (SSSR count). The molecule has 1 aromatic carbocycles. The van der Waals surface area contributed by atoms with Gasteiger partial charge in [0, 0.05) is 12.1 Å². The molecule has 4 heteroatoms. The molecule has 0 unspecified atom stereocenters. The molecule has 4 nitrogen and oxygen atoms in total. The first kappa shape index (κ1) is 11.9. The third-order valence-corrected chi connectivity index (χ3v) is 2.56. The van der Waals surface area contributed by atoms with E-state index in [0.29, 0.717) is 6.42 Å². The molecule has 0 aliphatic carbocycles. The molecule has 1 amide bonds. The number of carbonyl (C=O) groups is 1. The van der Waals surface area contributed by atoms with Gasteiger partial charge in [0.25, 0.3) is 0 Å². The highest BCUT2D eigenvalue weighted by atomic mass is 16.5. The Morgan fingerprint density at radius 3 is 2.88 bits per heavy atom. The average Bonchev–Trinajstić information content (AvgIpc) is 2.25. The zero-order chi connectivity index (χ0) is 12.5. The molecule has 1 aromatic rings. The number of nitrogens with one attached hydrogen (secondary N) is 1. The highest BCUT2D eigenvalue weighted by molar-refractivity contribution is 5.93. The van der Waals surface area contributed by atoms with Crippen LogP contribution >= 0.6 is 0 Å². The molecule has 0 saturated carbocycles. The van der Waals surface area contributed by atoms with Crippen molar-refractivity contribution >= 4 is 11.6 Å². The van der Waals surface area contributed by atoms with E-state index >= 15 is 0 Å². The summed E-state index contributed by atoms with van der Waals surface area (Å²) in [7, 11) is 0. The van der Waals surface area contributed by atoms with Crippen LogP contribution in [0.1, 0.15) is 25.8 Å². The van der Waals surface area contributed by atoms with E-state index in [1.807, 2.05) is 12.1 Å². The fourth-order valence-corrected chi connectivity index (χ4v) is 1.71. The number of hydrogen-bond acceptors (Lipinski definition) is 3. The summed E-state index contributed by atoms with van der Waals surface area (Å²) in [6.07, 6.45) is 1.25. The van der Waals surface area contributed by atoms with Crippen LogP contribution in [-0.2, 0) is 11.2 Å². The predicted octanol–water partition coefficient (Wildman–Crippen LogP) is 1.72. The standard InChI is InChI=1S/C13H17NO3/c1-13(2,16)8-17-10-4-5-11-9(7-10)3-6-12(15)14-11/h4-5,7,16H,3,6,8H2,1-2H3,(H,14,15). The molecule has 1 heterocycles. The van der Waals surface area contributed by atoms with Crippen LogP contribution < -0.4 is 10.1 Å². The summed E-state index contributed by atoms with van der Waals surface area (Å²) in [5.41, 5.74) is 1.10. The van der Waals surface area contributed by atoms with Crippen molar-refractivity contribution in [3.63, 3.8) is 0 Å². The van der Waals surface area contributed by atoms with Crippen LogP contribution in [0.2, 0.25) is 0 Å². The Morgan fingerprint density at radius 1 is 1.41 bits per heavy atom. The van der Waals surface area contributed by atoms with Gasteiger partial charge in [-0.1, -0.05) is 0 Å². The highest BCUT2D eigenvalue weighted by Gasteiger charge is 2.17. The monoisotopic (exact) mass is 235 g/mol. The molecule has 0 bridgehead atoms. The molecule has 92 valence electrons. The molecular weight excluding hydrogens is 218 g/mol. The maximum Gasteiger partial charge on any atom is 0.224 e. The van der Waals surface area contributed by atoms with Crippen molar-refractivity contribution in [2.45, 2.75) is 32.3 Å². The van der Waals surface area contributed by atoms with Crippen molar-refractivity contribution in [1.82, 2.24) is 0 Å². The normalized spacial score (nSPS) is 15.1. The highest BCUT2D eigenvalue weighted by Crippen LogP contribution is 2.27. The molecule has 0 spiro atoms. The minimum absolute atomic E-state index is 0.0580. The van der Waals surface area contributed by atoms with Gasteiger partial charge in [-0.3, -0.25) is 4.79 Å². The number of hydrogen-bond donors (Lipinski definition) is 2. The number of carbonyl (C=O) groups excluding carboxylic acids is 1. The van der Waals surface area contributed by atoms with E-state index in [9.17, 15) is 9.90 Å². The Balaban J connectivity index is 2.09. The SMILES string of the molecule is CC(C)(O)COc1ccc2c(c1)CCC(=O)N2. The van der Waals surface area contributed by atoms with Crippen LogP contribution in [0.25, 0.3) is 0 Å². The average molecular weight is 235 g/mol. The van der Waals surface area contributed by atoms with E-state index in [1.165, 1.54) is 0 Å². The summed E-state index contributed by atoms with van der Waals surface area (Å²) in [5, 5.41) is 12.4. The van der Waals surface area contributed by atoms with Gasteiger partial charge in [0.2, 0.25) is 5.91 Å². The number of rotatable bonds is 3. The number of aryl methyl sites for hydroxylation is 1. The number of ether oxygens (including phenoxy) is 1. The summed E-state index contributed by atoms with van der Waals surface area (Å²) in [6.45, 7) is 3.65. The summed E-state index contributed by atoms with van der Waals surface area (Å²) < 4.78 is 5.50. The van der Waals surface area contributed by atoms with Crippen molar-refractivity contribution < 1.29 is 14.6 Å². The van der Waals surface area contributed by atoms with Gasteiger partial charge < -0.3 is 15.2 Å². The zero-order valence-corrected chi connectivity index (χ0v) is 10.1. The summed E-state index contributed by atoms with van der Waals surface area (Å²) in [5.74, 6) is 0.782. The molecule has 17 heavy (non-hydrogen) atoms. The van der Waals surface area contributed by atoms with Crippen LogP contribution in [0.5, 0.6) is 5.75 Å². The van der Waals surface area contributed by atoms with Gasteiger partial charge in [0.15, 0.2) is 0 Å². The number of amides is 1. The molecule has 2 N–H and O–H groups in total. The molecule has 1 aliphatic heterocycles. The van der Waals surface area contributed by atoms with Gasteiger partial charge in [-0.25, -0.2) is 0 Å². The van der Waals surface area contributed by atoms with Gasteiger partial charge in [0.1, 0.15) is 12.4 Å². The van der Waals surface area contributed by atoms with Crippen molar-refractivity contribution in [3.05, 3.63) is 23.8 Å². The third-order valence-electron chi connectivity index (χ3n) is 2.56. The Morgan fingerprint density at radius 2 is 2.18 bits per heavy atom. The lowest BCUT2D eigenvalue weighted by molar-refractivity contribution is -0.116. The second-order valence-corrected chi connectivity index (χ2v) is 4.97. The van der Waals surface area contributed by atoms with Crippen molar-refractivity contribution in [2.24, 2.45) is 0 Å². The van der Waals surface area contributed by atoms with Gasteiger partial charge >= 0.3 is 0 Å². The van der Waals surface area contributed by atoms with Crippen LogP contribution in [0.15, 0.2) is 18.2 Å². The molecule has 0 saturated heterocycles. The van der Waals surface area contributed by atoms with Crippen molar-refractivity contribution in [1.29, 1.82) is 0 Å². The molecule has 0 radical (unpaired) electrons. The number of anilines is 1. The van der Waals surface area contributed by atoms with Crippen LogP contribution in [0.3, 0.4) is 0 Å². The number of aliphatic hydroxyl groups is 1. The molecule has 0 aromatic heterocycles. The maximum atomic E-state index is 11.2. The number of fused-ring (bicyclic) bond motifs is 1. The first-order valence-electron chi connectivity index (χ1n) is 5.72. The van der Waals surface area contributed by atoms with E-state index < -0.39 is 5.60 Å². The third kappa shape index (κ3) is 3.20. The van der Waals surface area contributed by atoms with Gasteiger partial charge in [-0.05, 0) is 44.0 Å². The van der Waals surface area contributed by atoms with Gasteiger partial charge in [-0.15, -0.1) is 0 Å². The lowest BCUT2D eigenvalue weighted by Gasteiger charge is -2.20. The Bertz CT molecular complexity index is 435. The maximum absolute atomic E-state index is 11.2. The smallest absolute Gasteiger partial charge is 0.224 e. The van der Waals surface area contributed by atoms with E-state index in [2.05, 4.69) is 5.32 Å². The topological polar surface area (TPSA) is 58.6 Å². The lowest BCUT2D eigenvalue weighted by atomic mass is 10.0. The molecule has 0 atom stereocenters. The lowest BCUT2D eigenvalue weighted by Crippen LogP contribution is -2.28. The second-order valence-electron chi connectivity index (χ2n) is 4.97. The predicted molar refractivity (Wildman–Crippen MR) is 65.2 cm³/mol. The minimum Gasteiger partial charge on any atom is -0.491 e. The van der Waals surface area contributed by atoms with E-state index in [-0.39, 0.29) is 12.5 Å². The Hall–Kier alpha value is -1.55. The first-order chi connectivity index (χ1) is 7.94. The summed E-state index contributed by atoms with van der Waals surface area (Å²) in [6, 6.07) is 5.56. The largest absolute Gasteiger partial charge is 0.491 e. The van der Waals surface area contributed by atoms with Gasteiger partial charge in [0.05, 0.1) is 5.60 Å². The molecule has 0 fully saturated rings. The number of benzene rings is 1. The molecular formula is C13H17NO3. The van der Waals surface area contributed by atoms with E-state index in [0.717, 1.165) is 23.4 Å². The quantitative estimate of drug-likeness (QED) is 0.838. The Labute approximate surface area is 101 Å². The summed E-state index contributed by atoms with van der Waals surface area (Å²) in [4.78, 5) is 11.2. The fraction of sp³-hybridized carbons (Fsp3) is 0.462. The van der Waals surface area contributed by atoms with Crippen molar-refractivity contribution in [2.75, 3.05) is 11.9 Å². The van der Waals surface area contributed by atoms with E-state index in [4.69, 9.17) is 4.74 Å². The second kappa shape index (κ2) is 4.37. The Kier molecular flexibility index (Phi) is 3.07. The van der Waals surface area contributed by atoms with Crippen LogP contribution in [0, 0.1) is 0 Å². The zero-order valence-electron chi connectivity index (χ0n) is 10.1. The van der Waals surface area contributed by atoms with Crippen LogP contribution in [-0.4, -0.2) is 23.2 Å². The summed E-state index contributed by atoms with van der Waals surface area (Å²) >= 11 is 0. The molecule has 1 aliphatic rings. The minimum atomic E-state index is -0.843. The van der Waals surface area contributed by atoms with E-state index in [1.54, 1.807) is 19.9 Å².